The molecule has 104 valence electrons. The molecular weight excluding hydrogens is 226 g/mol. The van der Waals surface area contributed by atoms with Crippen molar-refractivity contribution in [2.45, 2.75) is 71.6 Å². The number of nitrogens with one attached hydrogen (secondary N) is 1. The average Bonchev–Trinajstić information content (AvgIpc) is 2.65. The molecular formula is C15H27NO2. The van der Waals surface area contributed by atoms with Crippen molar-refractivity contribution in [1.82, 2.24) is 5.32 Å². The van der Waals surface area contributed by atoms with Gasteiger partial charge in [-0.1, -0.05) is 27.2 Å². The van der Waals surface area contributed by atoms with Crippen molar-refractivity contribution in [3.05, 3.63) is 0 Å². The first-order valence-corrected chi connectivity index (χ1v) is 7.30. The summed E-state index contributed by atoms with van der Waals surface area (Å²) < 4.78 is 5.97. The lowest BCUT2D eigenvalue weighted by Crippen LogP contribution is -2.48. The van der Waals surface area contributed by atoms with Crippen LogP contribution in [0.5, 0.6) is 0 Å². The second-order valence-electron chi connectivity index (χ2n) is 6.90. The summed E-state index contributed by atoms with van der Waals surface area (Å²) in [5.41, 5.74) is -0.511. The second kappa shape index (κ2) is 4.93. The molecule has 1 aliphatic carbocycles. The molecule has 0 aromatic heterocycles. The van der Waals surface area contributed by atoms with E-state index in [1.54, 1.807) is 0 Å². The van der Waals surface area contributed by atoms with Crippen LogP contribution in [-0.2, 0) is 9.53 Å². The number of hydrogen-bond donors (Lipinski definition) is 1. The standard InChI is InChI=1S/C15H27NO2/c1-11(2)12-9-18-15(4,16-12)10-14(3)8-6-5-7-13(14)17/h11-12,16H,5-10H2,1-4H3/t12-,14-,15-/m1/s1. The third-order valence-electron chi connectivity index (χ3n) is 4.66. The van der Waals surface area contributed by atoms with Crippen LogP contribution in [0.15, 0.2) is 0 Å². The molecule has 3 atom stereocenters. The zero-order valence-corrected chi connectivity index (χ0v) is 12.2. The van der Waals surface area contributed by atoms with Crippen molar-refractivity contribution in [1.29, 1.82) is 0 Å². The van der Waals surface area contributed by atoms with Gasteiger partial charge in [0, 0.05) is 24.3 Å². The van der Waals surface area contributed by atoms with E-state index in [0.29, 0.717) is 17.7 Å². The molecule has 0 unspecified atom stereocenters. The Labute approximate surface area is 111 Å². The van der Waals surface area contributed by atoms with E-state index in [4.69, 9.17) is 4.74 Å². The van der Waals surface area contributed by atoms with E-state index in [9.17, 15) is 4.79 Å². The summed E-state index contributed by atoms with van der Waals surface area (Å²) in [5.74, 6) is 0.995. The van der Waals surface area contributed by atoms with Gasteiger partial charge in [0.15, 0.2) is 0 Å². The lowest BCUT2D eigenvalue weighted by molar-refractivity contribution is -0.135. The van der Waals surface area contributed by atoms with Gasteiger partial charge in [-0.05, 0) is 25.7 Å². The highest BCUT2D eigenvalue weighted by atomic mass is 16.5. The largest absolute Gasteiger partial charge is 0.359 e. The number of hydrogen-bond acceptors (Lipinski definition) is 3. The zero-order valence-electron chi connectivity index (χ0n) is 12.2. The van der Waals surface area contributed by atoms with E-state index in [-0.39, 0.29) is 11.1 Å². The van der Waals surface area contributed by atoms with Gasteiger partial charge in [0.2, 0.25) is 0 Å². The molecule has 18 heavy (non-hydrogen) atoms. The van der Waals surface area contributed by atoms with Crippen LogP contribution in [0, 0.1) is 11.3 Å². The Morgan fingerprint density at radius 1 is 1.39 bits per heavy atom. The van der Waals surface area contributed by atoms with Crippen LogP contribution >= 0.6 is 0 Å². The number of rotatable bonds is 3. The highest BCUT2D eigenvalue weighted by Crippen LogP contribution is 2.41. The zero-order chi connectivity index (χ0) is 13.4. The van der Waals surface area contributed by atoms with Gasteiger partial charge in [-0.3, -0.25) is 10.1 Å². The smallest absolute Gasteiger partial charge is 0.138 e. The molecule has 0 bridgehead atoms. The summed E-state index contributed by atoms with van der Waals surface area (Å²) in [4.78, 5) is 12.2. The van der Waals surface area contributed by atoms with Gasteiger partial charge in [-0.15, -0.1) is 0 Å². The Bertz CT molecular complexity index is 328. The predicted molar refractivity (Wildman–Crippen MR) is 72.3 cm³/mol. The monoisotopic (exact) mass is 253 g/mol. The van der Waals surface area contributed by atoms with Gasteiger partial charge >= 0.3 is 0 Å². The molecule has 0 spiro atoms. The number of ether oxygens (including phenoxy) is 1. The maximum absolute atomic E-state index is 12.2. The van der Waals surface area contributed by atoms with Crippen LogP contribution in [0.4, 0.5) is 0 Å². The summed E-state index contributed by atoms with van der Waals surface area (Å²) in [5, 5.41) is 3.59. The molecule has 0 aromatic carbocycles. The number of carbonyl (C=O) groups is 1. The summed E-state index contributed by atoms with van der Waals surface area (Å²) >= 11 is 0. The van der Waals surface area contributed by atoms with E-state index in [1.165, 1.54) is 6.42 Å². The van der Waals surface area contributed by atoms with Crippen molar-refractivity contribution in [3.63, 3.8) is 0 Å². The number of Topliss-reactive ketones (excluding diaryl/α,β-unsaturated/α-hetero) is 1. The Hall–Kier alpha value is -0.410. The van der Waals surface area contributed by atoms with Crippen molar-refractivity contribution in [3.8, 4) is 0 Å². The summed E-state index contributed by atoms with van der Waals surface area (Å²) in [7, 11) is 0. The molecule has 3 nitrogen and oxygen atoms in total. The van der Waals surface area contributed by atoms with Crippen LogP contribution < -0.4 is 5.32 Å². The lowest BCUT2D eigenvalue weighted by Gasteiger charge is -2.38. The molecule has 0 radical (unpaired) electrons. The number of ketones is 1. The topological polar surface area (TPSA) is 38.3 Å². The Morgan fingerprint density at radius 3 is 2.67 bits per heavy atom. The fraction of sp³-hybridized carbons (Fsp3) is 0.933. The predicted octanol–water partition coefficient (Wildman–Crippen LogP) is 2.89. The minimum Gasteiger partial charge on any atom is -0.359 e. The molecule has 1 saturated heterocycles. The maximum Gasteiger partial charge on any atom is 0.138 e. The van der Waals surface area contributed by atoms with Crippen molar-refractivity contribution in [2.75, 3.05) is 6.61 Å². The number of carbonyl (C=O) groups excluding carboxylic acids is 1. The van der Waals surface area contributed by atoms with Crippen LogP contribution in [0.1, 0.15) is 59.8 Å². The molecule has 1 aliphatic heterocycles. The van der Waals surface area contributed by atoms with E-state index < -0.39 is 0 Å². The third-order valence-corrected chi connectivity index (χ3v) is 4.66. The molecule has 1 heterocycles. The van der Waals surface area contributed by atoms with Gasteiger partial charge in [-0.2, -0.15) is 0 Å². The first-order chi connectivity index (χ1) is 8.35. The highest BCUT2D eigenvalue weighted by molar-refractivity contribution is 5.85. The van der Waals surface area contributed by atoms with Gasteiger partial charge < -0.3 is 4.74 Å². The fourth-order valence-electron chi connectivity index (χ4n) is 3.38. The second-order valence-corrected chi connectivity index (χ2v) is 6.90. The van der Waals surface area contributed by atoms with Gasteiger partial charge in [-0.25, -0.2) is 0 Å². The minimum absolute atomic E-state index is 0.189. The normalized spacial score (nSPS) is 41.6. The first kappa shape index (κ1) is 14.0. The first-order valence-electron chi connectivity index (χ1n) is 7.30. The summed E-state index contributed by atoms with van der Waals surface area (Å²) in [6.07, 6.45) is 4.81. The van der Waals surface area contributed by atoms with E-state index in [1.807, 2.05) is 0 Å². The minimum atomic E-state index is -0.323. The molecule has 3 heteroatoms. The van der Waals surface area contributed by atoms with E-state index in [0.717, 1.165) is 32.3 Å². The van der Waals surface area contributed by atoms with Crippen LogP contribution in [-0.4, -0.2) is 24.2 Å². The van der Waals surface area contributed by atoms with Gasteiger partial charge in [0.25, 0.3) is 0 Å². The van der Waals surface area contributed by atoms with E-state index >= 15 is 0 Å². The fourth-order valence-corrected chi connectivity index (χ4v) is 3.38. The molecule has 2 aliphatic rings. The van der Waals surface area contributed by atoms with Crippen molar-refractivity contribution < 1.29 is 9.53 Å². The Kier molecular flexibility index (Phi) is 3.84. The SMILES string of the molecule is CC(C)[C@H]1CO[C@](C)(C[C@@]2(C)CCCCC2=O)N1. The third kappa shape index (κ3) is 2.77. The molecule has 1 N–H and O–H groups in total. The van der Waals surface area contributed by atoms with Crippen molar-refractivity contribution >= 4 is 5.78 Å². The average molecular weight is 253 g/mol. The molecule has 1 saturated carbocycles. The maximum atomic E-state index is 12.2. The van der Waals surface area contributed by atoms with E-state index in [2.05, 4.69) is 33.0 Å². The van der Waals surface area contributed by atoms with Crippen LogP contribution in [0.2, 0.25) is 0 Å². The summed E-state index contributed by atoms with van der Waals surface area (Å²) in [6.45, 7) is 9.40. The van der Waals surface area contributed by atoms with Gasteiger partial charge in [0.05, 0.1) is 6.61 Å². The molecule has 2 rings (SSSR count). The highest BCUT2D eigenvalue weighted by Gasteiger charge is 2.45. The quantitative estimate of drug-likeness (QED) is 0.840. The molecule has 2 fully saturated rings. The molecule has 0 aromatic rings. The van der Waals surface area contributed by atoms with Crippen molar-refractivity contribution in [2.24, 2.45) is 11.3 Å². The summed E-state index contributed by atoms with van der Waals surface area (Å²) in [6, 6.07) is 0.414. The van der Waals surface area contributed by atoms with Crippen LogP contribution in [0.3, 0.4) is 0 Å². The molecule has 0 amide bonds. The lowest BCUT2D eigenvalue weighted by atomic mass is 9.70. The Balaban J connectivity index is 2.02. The Morgan fingerprint density at radius 2 is 2.11 bits per heavy atom. The van der Waals surface area contributed by atoms with Crippen LogP contribution in [0.25, 0.3) is 0 Å². The van der Waals surface area contributed by atoms with Gasteiger partial charge in [0.1, 0.15) is 11.5 Å².